The summed E-state index contributed by atoms with van der Waals surface area (Å²) < 4.78 is 28.6. The van der Waals surface area contributed by atoms with E-state index in [4.69, 9.17) is 17.3 Å². The van der Waals surface area contributed by atoms with Gasteiger partial charge in [-0.15, -0.1) is 11.3 Å². The standard InChI is InChI=1S/C14H17ClN2O2S2/c15-11-4-5-13-10(7-11)8-14(20-13)21(18,19)17-6-2-1-3-12(17)9-16/h4-5,7-8,12H,1-3,6,9,16H2. The topological polar surface area (TPSA) is 63.4 Å². The Kier molecular flexibility index (Phi) is 4.25. The predicted molar refractivity (Wildman–Crippen MR) is 87.4 cm³/mol. The molecule has 0 saturated carbocycles. The molecule has 21 heavy (non-hydrogen) atoms. The maximum atomic E-state index is 12.9. The summed E-state index contributed by atoms with van der Waals surface area (Å²) in [5.74, 6) is 0. The lowest BCUT2D eigenvalue weighted by atomic mass is 10.1. The fourth-order valence-electron chi connectivity index (χ4n) is 2.76. The monoisotopic (exact) mass is 344 g/mol. The SMILES string of the molecule is NCC1CCCCN1S(=O)(=O)c1cc2cc(Cl)ccc2s1. The second kappa shape index (κ2) is 5.85. The van der Waals surface area contributed by atoms with Crippen LogP contribution in [-0.2, 0) is 10.0 Å². The van der Waals surface area contributed by atoms with Gasteiger partial charge in [0.2, 0.25) is 0 Å². The van der Waals surface area contributed by atoms with Crippen LogP contribution in [0.3, 0.4) is 0 Å². The Hall–Kier alpha value is -0.660. The second-order valence-electron chi connectivity index (χ2n) is 5.25. The van der Waals surface area contributed by atoms with Gasteiger partial charge in [0.1, 0.15) is 4.21 Å². The van der Waals surface area contributed by atoms with Crippen LogP contribution < -0.4 is 5.73 Å². The van der Waals surface area contributed by atoms with Crippen molar-refractivity contribution in [3.05, 3.63) is 29.3 Å². The van der Waals surface area contributed by atoms with Gasteiger partial charge in [-0.25, -0.2) is 8.42 Å². The number of hydrogen-bond donors (Lipinski definition) is 1. The zero-order valence-corrected chi connectivity index (χ0v) is 13.8. The van der Waals surface area contributed by atoms with Gasteiger partial charge in [-0.1, -0.05) is 18.0 Å². The Morgan fingerprint density at radius 3 is 2.90 bits per heavy atom. The van der Waals surface area contributed by atoms with Gasteiger partial charge in [-0.3, -0.25) is 0 Å². The van der Waals surface area contributed by atoms with Crippen molar-refractivity contribution < 1.29 is 8.42 Å². The van der Waals surface area contributed by atoms with Crippen molar-refractivity contribution in [3.63, 3.8) is 0 Å². The van der Waals surface area contributed by atoms with E-state index in [0.717, 1.165) is 29.3 Å². The summed E-state index contributed by atoms with van der Waals surface area (Å²) in [6.07, 6.45) is 2.77. The average Bonchev–Trinajstić information content (AvgIpc) is 2.91. The molecule has 4 nitrogen and oxygen atoms in total. The number of nitrogens with zero attached hydrogens (tertiary/aromatic N) is 1. The number of rotatable bonds is 3. The van der Waals surface area contributed by atoms with E-state index in [1.165, 1.54) is 11.3 Å². The summed E-state index contributed by atoms with van der Waals surface area (Å²) in [6, 6.07) is 7.06. The third-order valence-corrected chi connectivity index (χ3v) is 7.62. The minimum absolute atomic E-state index is 0.0856. The normalized spacial score (nSPS) is 21.0. The summed E-state index contributed by atoms with van der Waals surface area (Å²) in [5.41, 5.74) is 5.74. The molecule has 2 aromatic rings. The fourth-order valence-corrected chi connectivity index (χ4v) is 6.15. The molecule has 3 rings (SSSR count). The summed E-state index contributed by atoms with van der Waals surface area (Å²) in [4.78, 5) is 0. The van der Waals surface area contributed by atoms with Gasteiger partial charge in [-0.2, -0.15) is 4.31 Å². The minimum atomic E-state index is -3.47. The van der Waals surface area contributed by atoms with Crippen molar-refractivity contribution in [2.45, 2.75) is 29.5 Å². The summed E-state index contributed by atoms with van der Waals surface area (Å²) in [7, 11) is -3.47. The lowest BCUT2D eigenvalue weighted by molar-refractivity contribution is 0.258. The van der Waals surface area contributed by atoms with E-state index in [0.29, 0.717) is 22.3 Å². The van der Waals surface area contributed by atoms with Crippen molar-refractivity contribution in [1.82, 2.24) is 4.31 Å². The van der Waals surface area contributed by atoms with Crippen LogP contribution in [0.5, 0.6) is 0 Å². The van der Waals surface area contributed by atoms with Gasteiger partial charge in [0, 0.05) is 28.9 Å². The second-order valence-corrected chi connectivity index (χ2v) is 8.89. The Labute approximate surface area is 133 Å². The van der Waals surface area contributed by atoms with Gasteiger partial charge >= 0.3 is 0 Å². The molecule has 114 valence electrons. The van der Waals surface area contributed by atoms with Crippen molar-refractivity contribution in [2.75, 3.05) is 13.1 Å². The van der Waals surface area contributed by atoms with Gasteiger partial charge < -0.3 is 5.73 Å². The van der Waals surface area contributed by atoms with Crippen molar-refractivity contribution in [3.8, 4) is 0 Å². The van der Waals surface area contributed by atoms with Crippen molar-refractivity contribution in [2.24, 2.45) is 5.73 Å². The van der Waals surface area contributed by atoms with E-state index in [2.05, 4.69) is 0 Å². The van der Waals surface area contributed by atoms with Crippen LogP contribution in [0, 0.1) is 0 Å². The van der Waals surface area contributed by atoms with Gasteiger partial charge in [0.15, 0.2) is 0 Å². The van der Waals surface area contributed by atoms with E-state index in [1.807, 2.05) is 6.07 Å². The molecule has 0 amide bonds. The number of thiophene rings is 1. The first-order valence-electron chi connectivity index (χ1n) is 6.93. The molecule has 2 N–H and O–H groups in total. The van der Waals surface area contributed by atoms with Crippen LogP contribution in [-0.4, -0.2) is 31.9 Å². The maximum absolute atomic E-state index is 12.9. The van der Waals surface area contributed by atoms with Crippen LogP contribution in [0.15, 0.2) is 28.5 Å². The number of sulfonamides is 1. The molecule has 1 atom stereocenters. The van der Waals surface area contributed by atoms with Crippen LogP contribution in [0.25, 0.3) is 10.1 Å². The molecule has 1 unspecified atom stereocenters. The lowest BCUT2D eigenvalue weighted by Gasteiger charge is -2.33. The number of benzene rings is 1. The van der Waals surface area contributed by atoms with Crippen molar-refractivity contribution >= 4 is 43.0 Å². The van der Waals surface area contributed by atoms with E-state index in [1.54, 1.807) is 22.5 Å². The first-order chi connectivity index (χ1) is 10.0. The highest BCUT2D eigenvalue weighted by Gasteiger charge is 2.33. The lowest BCUT2D eigenvalue weighted by Crippen LogP contribution is -2.47. The Balaban J connectivity index is 2.02. The maximum Gasteiger partial charge on any atom is 0.252 e. The number of piperidine rings is 1. The summed E-state index contributed by atoms with van der Waals surface area (Å²) in [5, 5.41) is 1.48. The molecule has 1 saturated heterocycles. The van der Waals surface area contributed by atoms with Gasteiger partial charge in [0.05, 0.1) is 0 Å². The number of halogens is 1. The summed E-state index contributed by atoms with van der Waals surface area (Å²) >= 11 is 7.25. The molecule has 1 aromatic heterocycles. The van der Waals surface area contributed by atoms with E-state index >= 15 is 0 Å². The summed E-state index contributed by atoms with van der Waals surface area (Å²) in [6.45, 7) is 0.926. The zero-order chi connectivity index (χ0) is 15.0. The molecule has 1 fully saturated rings. The highest BCUT2D eigenvalue weighted by Crippen LogP contribution is 2.34. The number of nitrogens with two attached hydrogens (primary N) is 1. The van der Waals surface area contributed by atoms with Crippen LogP contribution >= 0.6 is 22.9 Å². The molecular formula is C14H17ClN2O2S2. The number of hydrogen-bond acceptors (Lipinski definition) is 4. The Morgan fingerprint density at radius 1 is 1.33 bits per heavy atom. The van der Waals surface area contributed by atoms with E-state index < -0.39 is 10.0 Å². The number of fused-ring (bicyclic) bond motifs is 1. The highest BCUT2D eigenvalue weighted by atomic mass is 35.5. The van der Waals surface area contributed by atoms with Gasteiger partial charge in [0.25, 0.3) is 10.0 Å². The predicted octanol–water partition coefficient (Wildman–Crippen LogP) is 3.06. The van der Waals surface area contributed by atoms with Gasteiger partial charge in [-0.05, 0) is 42.5 Å². The van der Waals surface area contributed by atoms with E-state index in [9.17, 15) is 8.42 Å². The molecule has 1 aromatic carbocycles. The third kappa shape index (κ3) is 2.83. The third-order valence-electron chi connectivity index (χ3n) is 3.86. The highest BCUT2D eigenvalue weighted by molar-refractivity contribution is 7.91. The quantitative estimate of drug-likeness (QED) is 0.930. The first kappa shape index (κ1) is 15.2. The minimum Gasteiger partial charge on any atom is -0.329 e. The average molecular weight is 345 g/mol. The molecule has 7 heteroatoms. The van der Waals surface area contributed by atoms with E-state index in [-0.39, 0.29) is 6.04 Å². The first-order valence-corrected chi connectivity index (χ1v) is 9.57. The largest absolute Gasteiger partial charge is 0.329 e. The van der Waals surface area contributed by atoms with Crippen molar-refractivity contribution in [1.29, 1.82) is 0 Å². The molecule has 1 aliphatic rings. The Morgan fingerprint density at radius 2 is 2.14 bits per heavy atom. The smallest absolute Gasteiger partial charge is 0.252 e. The zero-order valence-electron chi connectivity index (χ0n) is 11.5. The molecule has 0 bridgehead atoms. The molecule has 0 radical (unpaired) electrons. The molecular weight excluding hydrogens is 328 g/mol. The molecule has 1 aliphatic heterocycles. The molecule has 0 aliphatic carbocycles. The van der Waals surface area contributed by atoms with Crippen LogP contribution in [0.2, 0.25) is 5.02 Å². The molecule has 0 spiro atoms. The van der Waals surface area contributed by atoms with Crippen LogP contribution in [0.4, 0.5) is 0 Å². The Bertz CT molecular complexity index is 757. The molecule has 2 heterocycles. The van der Waals surface area contributed by atoms with Crippen LogP contribution in [0.1, 0.15) is 19.3 Å². The fraction of sp³-hybridized carbons (Fsp3) is 0.429.